The summed E-state index contributed by atoms with van der Waals surface area (Å²) in [6, 6.07) is -0.420. The minimum Gasteiger partial charge on any atom is -0.467 e. The Bertz CT molecular complexity index is 262. The quantitative estimate of drug-likeness (QED) is 0.416. The van der Waals surface area contributed by atoms with Gasteiger partial charge in [0.05, 0.1) is 7.11 Å². The minimum absolute atomic E-state index is 0.301. The monoisotopic (exact) mass is 243 g/mol. The van der Waals surface area contributed by atoms with E-state index in [0.29, 0.717) is 30.8 Å². The minimum atomic E-state index is -0.420. The van der Waals surface area contributed by atoms with Crippen LogP contribution < -0.4 is 11.1 Å². The van der Waals surface area contributed by atoms with Crippen molar-refractivity contribution in [1.29, 1.82) is 0 Å². The number of rotatable bonds is 6. The molecule has 0 radical (unpaired) electrons. The summed E-state index contributed by atoms with van der Waals surface area (Å²) in [5.41, 5.74) is 5.72. The van der Waals surface area contributed by atoms with Crippen molar-refractivity contribution in [3.63, 3.8) is 0 Å². The van der Waals surface area contributed by atoms with E-state index in [4.69, 9.17) is 10.5 Å². The molecular weight excluding hydrogens is 218 g/mol. The summed E-state index contributed by atoms with van der Waals surface area (Å²) in [6.45, 7) is 8.85. The summed E-state index contributed by atoms with van der Waals surface area (Å²) in [6.07, 6.45) is 0.671. The number of hydrogen-bond donors (Lipinski definition) is 2. The molecule has 1 atom stereocenters. The highest BCUT2D eigenvalue weighted by Gasteiger charge is 2.20. The lowest BCUT2D eigenvalue weighted by Gasteiger charge is -2.18. The van der Waals surface area contributed by atoms with Crippen molar-refractivity contribution in [3.8, 4) is 0 Å². The Labute approximate surface area is 104 Å². The van der Waals surface area contributed by atoms with Gasteiger partial charge in [0.1, 0.15) is 6.04 Å². The van der Waals surface area contributed by atoms with Crippen LogP contribution in [0.4, 0.5) is 0 Å². The number of ether oxygens (including phenoxy) is 1. The van der Waals surface area contributed by atoms with Gasteiger partial charge in [0.2, 0.25) is 0 Å². The van der Waals surface area contributed by atoms with Crippen LogP contribution in [0.25, 0.3) is 0 Å². The van der Waals surface area contributed by atoms with Crippen LogP contribution in [0.5, 0.6) is 0 Å². The molecule has 0 amide bonds. The lowest BCUT2D eigenvalue weighted by molar-refractivity contribution is -0.143. The number of esters is 1. The van der Waals surface area contributed by atoms with Gasteiger partial charge in [-0.1, -0.05) is 27.7 Å². The van der Waals surface area contributed by atoms with E-state index in [-0.39, 0.29) is 5.97 Å². The fourth-order valence-corrected chi connectivity index (χ4v) is 1.33. The summed E-state index contributed by atoms with van der Waals surface area (Å²) in [5, 5.41) is 2.91. The van der Waals surface area contributed by atoms with Crippen LogP contribution in [0, 0.1) is 11.8 Å². The van der Waals surface area contributed by atoms with Gasteiger partial charge in [0.25, 0.3) is 0 Å². The first-order valence-electron chi connectivity index (χ1n) is 6.01. The zero-order valence-electron chi connectivity index (χ0n) is 11.5. The first-order chi connectivity index (χ1) is 7.86. The van der Waals surface area contributed by atoms with Gasteiger partial charge < -0.3 is 15.8 Å². The van der Waals surface area contributed by atoms with Gasteiger partial charge in [0, 0.05) is 6.54 Å². The Morgan fingerprint density at radius 3 is 2.29 bits per heavy atom. The molecule has 0 bridgehead atoms. The smallest absolute Gasteiger partial charge is 0.328 e. The molecule has 0 aliphatic carbocycles. The molecule has 0 saturated carbocycles. The third kappa shape index (κ3) is 7.60. The number of carbonyl (C=O) groups excluding carboxylic acids is 1. The van der Waals surface area contributed by atoms with Crippen LogP contribution >= 0.6 is 0 Å². The van der Waals surface area contributed by atoms with Crippen LogP contribution in [-0.2, 0) is 9.53 Å². The largest absolute Gasteiger partial charge is 0.467 e. The van der Waals surface area contributed by atoms with E-state index in [0.717, 1.165) is 0 Å². The molecule has 0 aliphatic rings. The van der Waals surface area contributed by atoms with Crippen molar-refractivity contribution in [1.82, 2.24) is 5.32 Å². The number of methoxy groups -OCH3 is 1. The zero-order chi connectivity index (χ0) is 13.4. The standard InChI is InChI=1S/C12H25N3O2/c1-8(2)6-10(11(16)17-5)15-12(13)14-7-9(3)4/h8-10H,6-7H2,1-5H3,(H3,13,14,15). The van der Waals surface area contributed by atoms with Crippen molar-refractivity contribution >= 4 is 11.9 Å². The molecule has 0 rings (SSSR count). The Balaban J connectivity index is 4.41. The fraction of sp³-hybridized carbons (Fsp3) is 0.833. The lowest BCUT2D eigenvalue weighted by Crippen LogP contribution is -2.46. The molecule has 1 unspecified atom stereocenters. The lowest BCUT2D eigenvalue weighted by atomic mass is 10.0. The van der Waals surface area contributed by atoms with E-state index in [1.54, 1.807) is 0 Å². The first-order valence-corrected chi connectivity index (χ1v) is 6.01. The summed E-state index contributed by atoms with van der Waals surface area (Å²) in [5.74, 6) is 0.817. The number of nitrogens with two attached hydrogens (primary N) is 1. The van der Waals surface area contributed by atoms with Gasteiger partial charge in [-0.3, -0.25) is 4.99 Å². The third-order valence-corrected chi connectivity index (χ3v) is 2.14. The third-order valence-electron chi connectivity index (χ3n) is 2.14. The second-order valence-corrected chi connectivity index (χ2v) is 4.97. The average Bonchev–Trinajstić information content (AvgIpc) is 2.23. The van der Waals surface area contributed by atoms with Crippen molar-refractivity contribution in [3.05, 3.63) is 0 Å². The molecule has 0 spiro atoms. The first kappa shape index (κ1) is 15.7. The predicted octanol–water partition coefficient (Wildman–Crippen LogP) is 1.13. The number of nitrogens with zero attached hydrogens (tertiary/aromatic N) is 1. The van der Waals surface area contributed by atoms with Gasteiger partial charge in [-0.2, -0.15) is 0 Å². The maximum atomic E-state index is 11.5. The average molecular weight is 243 g/mol. The second-order valence-electron chi connectivity index (χ2n) is 4.97. The number of nitrogens with one attached hydrogen (secondary N) is 1. The van der Waals surface area contributed by atoms with E-state index in [2.05, 4.69) is 24.2 Å². The molecule has 17 heavy (non-hydrogen) atoms. The van der Waals surface area contributed by atoms with Crippen LogP contribution in [0.2, 0.25) is 0 Å². The maximum absolute atomic E-state index is 11.5. The molecule has 5 nitrogen and oxygen atoms in total. The highest BCUT2D eigenvalue weighted by molar-refractivity contribution is 5.85. The van der Waals surface area contributed by atoms with Crippen LogP contribution in [0.1, 0.15) is 34.1 Å². The SMILES string of the molecule is COC(=O)C(CC(C)C)NC(N)=NCC(C)C. The van der Waals surface area contributed by atoms with Crippen molar-refractivity contribution in [2.75, 3.05) is 13.7 Å². The van der Waals surface area contributed by atoms with Gasteiger partial charge in [0.15, 0.2) is 5.96 Å². The predicted molar refractivity (Wildman–Crippen MR) is 69.7 cm³/mol. The molecule has 0 aromatic rings. The summed E-state index contributed by atoms with van der Waals surface area (Å²) < 4.78 is 4.73. The molecule has 0 aromatic carbocycles. The van der Waals surface area contributed by atoms with E-state index in [1.165, 1.54) is 7.11 Å². The van der Waals surface area contributed by atoms with Crippen LogP contribution in [-0.4, -0.2) is 31.6 Å². The van der Waals surface area contributed by atoms with E-state index >= 15 is 0 Å². The summed E-state index contributed by atoms with van der Waals surface area (Å²) >= 11 is 0. The van der Waals surface area contributed by atoms with E-state index < -0.39 is 6.04 Å². The second kappa shape index (κ2) is 7.92. The molecule has 0 aliphatic heterocycles. The number of aliphatic imine (C=N–C) groups is 1. The Morgan fingerprint density at radius 1 is 1.29 bits per heavy atom. The molecule has 0 saturated heterocycles. The number of guanidine groups is 1. The fourth-order valence-electron chi connectivity index (χ4n) is 1.33. The zero-order valence-corrected chi connectivity index (χ0v) is 11.5. The molecule has 0 aromatic heterocycles. The van der Waals surface area contributed by atoms with Gasteiger partial charge in [-0.15, -0.1) is 0 Å². The Morgan fingerprint density at radius 2 is 1.88 bits per heavy atom. The van der Waals surface area contributed by atoms with Crippen molar-refractivity contribution in [2.24, 2.45) is 22.6 Å². The van der Waals surface area contributed by atoms with E-state index in [9.17, 15) is 4.79 Å². The molecule has 5 heteroatoms. The summed E-state index contributed by atoms with van der Waals surface area (Å²) in [4.78, 5) is 15.7. The maximum Gasteiger partial charge on any atom is 0.328 e. The van der Waals surface area contributed by atoms with Gasteiger partial charge >= 0.3 is 5.97 Å². The Kier molecular flexibility index (Phi) is 7.34. The molecule has 0 heterocycles. The summed E-state index contributed by atoms with van der Waals surface area (Å²) in [7, 11) is 1.37. The highest BCUT2D eigenvalue weighted by Crippen LogP contribution is 2.06. The van der Waals surface area contributed by atoms with Crippen molar-refractivity contribution < 1.29 is 9.53 Å². The van der Waals surface area contributed by atoms with Gasteiger partial charge in [-0.25, -0.2) is 4.79 Å². The molecular formula is C12H25N3O2. The van der Waals surface area contributed by atoms with Crippen LogP contribution in [0.3, 0.4) is 0 Å². The van der Waals surface area contributed by atoms with Crippen LogP contribution in [0.15, 0.2) is 4.99 Å². The molecule has 0 fully saturated rings. The highest BCUT2D eigenvalue weighted by atomic mass is 16.5. The molecule has 100 valence electrons. The normalized spacial score (nSPS) is 13.9. The molecule has 3 N–H and O–H groups in total. The van der Waals surface area contributed by atoms with E-state index in [1.807, 2.05) is 13.8 Å². The van der Waals surface area contributed by atoms with Gasteiger partial charge in [-0.05, 0) is 18.3 Å². The number of hydrogen-bond acceptors (Lipinski definition) is 3. The topological polar surface area (TPSA) is 76.7 Å². The van der Waals surface area contributed by atoms with Crippen molar-refractivity contribution in [2.45, 2.75) is 40.2 Å². The Hall–Kier alpha value is -1.26. The number of carbonyl (C=O) groups is 1.